The Balaban J connectivity index is 3.13. The van der Waals surface area contributed by atoms with E-state index in [0.717, 1.165) is 12.1 Å². The maximum absolute atomic E-state index is 12.3. The van der Waals surface area contributed by atoms with Crippen LogP contribution in [0.4, 0.5) is 18.9 Å². The van der Waals surface area contributed by atoms with E-state index < -0.39 is 11.7 Å². The first-order chi connectivity index (χ1) is 6.99. The van der Waals surface area contributed by atoms with Gasteiger partial charge in [-0.2, -0.15) is 13.2 Å². The molecule has 0 aliphatic heterocycles. The predicted molar refractivity (Wildman–Crippen MR) is 50.5 cm³/mol. The normalized spacial score (nSPS) is 11.2. The number of anilines is 1. The molecule has 1 aromatic carbocycles. The molecule has 1 amide bonds. The third-order valence-electron chi connectivity index (χ3n) is 2.03. The van der Waals surface area contributed by atoms with Crippen LogP contribution < -0.4 is 5.32 Å². The monoisotopic (exact) mass is 217 g/mol. The third kappa shape index (κ3) is 2.71. The summed E-state index contributed by atoms with van der Waals surface area (Å²) in [6.45, 7) is 1.73. The van der Waals surface area contributed by atoms with E-state index in [2.05, 4.69) is 5.32 Å². The van der Waals surface area contributed by atoms with Gasteiger partial charge in [-0.15, -0.1) is 0 Å². The molecule has 5 heteroatoms. The van der Waals surface area contributed by atoms with Gasteiger partial charge >= 0.3 is 6.18 Å². The van der Waals surface area contributed by atoms with Crippen LogP contribution in [0.1, 0.15) is 18.1 Å². The van der Waals surface area contributed by atoms with Crippen LogP contribution in [0.3, 0.4) is 0 Å². The van der Waals surface area contributed by atoms with Gasteiger partial charge in [0, 0.05) is 5.69 Å². The average Bonchev–Trinajstić information content (AvgIpc) is 2.17. The summed E-state index contributed by atoms with van der Waals surface area (Å²) in [5.41, 5.74) is 0.188. The zero-order chi connectivity index (χ0) is 11.5. The van der Waals surface area contributed by atoms with Crippen LogP contribution in [0.15, 0.2) is 18.2 Å². The molecule has 0 fully saturated rings. The second-order valence-corrected chi connectivity index (χ2v) is 2.99. The van der Waals surface area contributed by atoms with Crippen LogP contribution in [0.2, 0.25) is 0 Å². The number of hydrogen-bond donors (Lipinski definition) is 1. The fraction of sp³-hybridized carbons (Fsp3) is 0.300. The minimum absolute atomic E-state index is 0.417. The highest BCUT2D eigenvalue weighted by Gasteiger charge is 2.30. The van der Waals surface area contributed by atoms with Crippen molar-refractivity contribution in [1.82, 2.24) is 0 Å². The van der Waals surface area contributed by atoms with Crippen LogP contribution >= 0.6 is 0 Å². The number of benzene rings is 1. The van der Waals surface area contributed by atoms with E-state index in [1.54, 1.807) is 6.92 Å². The Morgan fingerprint density at radius 2 is 2.07 bits per heavy atom. The summed E-state index contributed by atoms with van der Waals surface area (Å²) in [4.78, 5) is 10.2. The largest absolute Gasteiger partial charge is 0.416 e. The second-order valence-electron chi connectivity index (χ2n) is 2.99. The minimum Gasteiger partial charge on any atom is -0.328 e. The highest BCUT2D eigenvalue weighted by molar-refractivity contribution is 5.73. The molecule has 0 aliphatic carbocycles. The van der Waals surface area contributed by atoms with E-state index in [4.69, 9.17) is 0 Å². The van der Waals surface area contributed by atoms with Gasteiger partial charge < -0.3 is 5.32 Å². The van der Waals surface area contributed by atoms with Crippen molar-refractivity contribution in [3.63, 3.8) is 0 Å². The number of amides is 1. The van der Waals surface area contributed by atoms with Gasteiger partial charge in [0.2, 0.25) is 6.41 Å². The molecule has 0 radical (unpaired) electrons. The summed E-state index contributed by atoms with van der Waals surface area (Å²) < 4.78 is 37.0. The second kappa shape index (κ2) is 4.33. The lowest BCUT2D eigenvalue weighted by atomic mass is 10.1. The van der Waals surface area contributed by atoms with Crippen molar-refractivity contribution in [2.75, 3.05) is 5.32 Å². The minimum atomic E-state index is -4.34. The highest BCUT2D eigenvalue weighted by Crippen LogP contribution is 2.31. The number of nitrogens with one attached hydrogen (secondary N) is 1. The summed E-state index contributed by atoms with van der Waals surface area (Å²) in [6, 6.07) is 3.26. The van der Waals surface area contributed by atoms with Crippen LogP contribution in [0.25, 0.3) is 0 Å². The molecule has 0 heterocycles. The molecule has 0 spiro atoms. The number of rotatable bonds is 3. The molecule has 1 aromatic rings. The lowest BCUT2D eigenvalue weighted by Gasteiger charge is -2.11. The number of carbonyl (C=O) groups excluding carboxylic acids is 1. The predicted octanol–water partition coefficient (Wildman–Crippen LogP) is 2.84. The molecule has 0 unspecified atom stereocenters. The van der Waals surface area contributed by atoms with Crippen LogP contribution in [0.5, 0.6) is 0 Å². The number of alkyl halides is 3. The maximum Gasteiger partial charge on any atom is 0.416 e. The molecule has 1 N–H and O–H groups in total. The van der Waals surface area contributed by atoms with Gasteiger partial charge in [-0.05, 0) is 30.2 Å². The van der Waals surface area contributed by atoms with Gasteiger partial charge in [-0.25, -0.2) is 0 Å². The van der Waals surface area contributed by atoms with Crippen LogP contribution in [0, 0.1) is 0 Å². The molecule has 82 valence electrons. The Kier molecular flexibility index (Phi) is 3.34. The number of aryl methyl sites for hydroxylation is 1. The molecular formula is C10H10F3NO. The zero-order valence-corrected chi connectivity index (χ0v) is 8.06. The Labute approximate surface area is 85.1 Å². The van der Waals surface area contributed by atoms with Crippen molar-refractivity contribution < 1.29 is 18.0 Å². The molecule has 15 heavy (non-hydrogen) atoms. The molecule has 0 aliphatic rings. The first-order valence-electron chi connectivity index (χ1n) is 4.39. The summed E-state index contributed by atoms with van der Waals surface area (Å²) in [5, 5.41) is 2.36. The van der Waals surface area contributed by atoms with Crippen molar-refractivity contribution in [3.8, 4) is 0 Å². The first-order valence-corrected chi connectivity index (χ1v) is 4.39. The van der Waals surface area contributed by atoms with Gasteiger partial charge in [-0.1, -0.05) is 6.92 Å². The highest BCUT2D eigenvalue weighted by atomic mass is 19.4. The molecular weight excluding hydrogens is 207 g/mol. The van der Waals surface area contributed by atoms with Crippen molar-refractivity contribution in [2.45, 2.75) is 19.5 Å². The standard InChI is InChI=1S/C10H10F3NO/c1-2-7-5-8(10(11,12)13)3-4-9(7)14-6-15/h3-6H,2H2,1H3,(H,14,15). The van der Waals surface area contributed by atoms with Crippen molar-refractivity contribution in [2.24, 2.45) is 0 Å². The van der Waals surface area contributed by atoms with E-state index >= 15 is 0 Å². The van der Waals surface area contributed by atoms with Crippen LogP contribution in [-0.2, 0) is 17.4 Å². The topological polar surface area (TPSA) is 29.1 Å². The Bertz CT molecular complexity index is 360. The number of hydrogen-bond acceptors (Lipinski definition) is 1. The summed E-state index contributed by atoms with van der Waals surface area (Å²) >= 11 is 0. The SMILES string of the molecule is CCc1cc(C(F)(F)F)ccc1NC=O. The molecule has 2 nitrogen and oxygen atoms in total. The van der Waals surface area contributed by atoms with E-state index in [0.29, 0.717) is 24.1 Å². The molecule has 0 saturated carbocycles. The molecule has 0 bridgehead atoms. The Hall–Kier alpha value is -1.52. The molecule has 0 aromatic heterocycles. The van der Waals surface area contributed by atoms with E-state index in [1.165, 1.54) is 6.07 Å². The quantitative estimate of drug-likeness (QED) is 0.775. The van der Waals surface area contributed by atoms with Crippen molar-refractivity contribution in [1.29, 1.82) is 0 Å². The average molecular weight is 217 g/mol. The summed E-state index contributed by atoms with van der Waals surface area (Å²) in [6.07, 6.45) is -3.47. The number of halogens is 3. The first kappa shape index (κ1) is 11.6. The van der Waals surface area contributed by atoms with Gasteiger partial charge in [0.05, 0.1) is 5.56 Å². The van der Waals surface area contributed by atoms with E-state index in [1.807, 2.05) is 0 Å². The van der Waals surface area contributed by atoms with Gasteiger partial charge in [-0.3, -0.25) is 4.79 Å². The zero-order valence-electron chi connectivity index (χ0n) is 8.06. The third-order valence-corrected chi connectivity index (χ3v) is 2.03. The van der Waals surface area contributed by atoms with Gasteiger partial charge in [0.15, 0.2) is 0 Å². The van der Waals surface area contributed by atoms with Crippen molar-refractivity contribution in [3.05, 3.63) is 29.3 Å². The fourth-order valence-electron chi connectivity index (χ4n) is 1.27. The van der Waals surface area contributed by atoms with Crippen molar-refractivity contribution >= 4 is 12.1 Å². The lowest BCUT2D eigenvalue weighted by Crippen LogP contribution is -2.07. The molecule has 0 saturated heterocycles. The Morgan fingerprint density at radius 3 is 2.53 bits per heavy atom. The van der Waals surface area contributed by atoms with Crippen LogP contribution in [-0.4, -0.2) is 6.41 Å². The molecule has 1 rings (SSSR count). The Morgan fingerprint density at radius 1 is 1.40 bits per heavy atom. The smallest absolute Gasteiger partial charge is 0.328 e. The van der Waals surface area contributed by atoms with Gasteiger partial charge in [0.1, 0.15) is 0 Å². The maximum atomic E-state index is 12.3. The van der Waals surface area contributed by atoms with Gasteiger partial charge in [0.25, 0.3) is 0 Å². The summed E-state index contributed by atoms with van der Waals surface area (Å²) in [7, 11) is 0. The van der Waals surface area contributed by atoms with E-state index in [9.17, 15) is 18.0 Å². The lowest BCUT2D eigenvalue weighted by molar-refractivity contribution is -0.137. The summed E-state index contributed by atoms with van der Waals surface area (Å²) in [5.74, 6) is 0. The fourth-order valence-corrected chi connectivity index (χ4v) is 1.27. The number of carbonyl (C=O) groups is 1. The molecule has 0 atom stereocenters. The van der Waals surface area contributed by atoms with E-state index in [-0.39, 0.29) is 0 Å².